The minimum absolute atomic E-state index is 0.00638. The summed E-state index contributed by atoms with van der Waals surface area (Å²) in [6, 6.07) is 20.5. The molecule has 3 heterocycles. The van der Waals surface area contributed by atoms with Gasteiger partial charge in [-0.25, -0.2) is 4.98 Å². The Morgan fingerprint density at radius 2 is 1.86 bits per heavy atom. The number of aromatic amines is 1. The highest BCUT2D eigenvalue weighted by Gasteiger charge is 2.22. The first kappa shape index (κ1) is 17.0. The summed E-state index contributed by atoms with van der Waals surface area (Å²) in [5, 5.41) is 1.26. The Hall–Kier alpha value is -3.18. The second kappa shape index (κ2) is 6.77. The Balaban J connectivity index is 1.45. The minimum Gasteiger partial charge on any atom is -0.346 e. The molecule has 0 fully saturated rings. The number of benzene rings is 2. The molecule has 0 bridgehead atoms. The van der Waals surface area contributed by atoms with Crippen LogP contribution < -0.4 is 5.56 Å². The molecule has 2 aromatic heterocycles. The van der Waals surface area contributed by atoms with Crippen molar-refractivity contribution in [2.24, 2.45) is 7.05 Å². The van der Waals surface area contributed by atoms with E-state index in [-0.39, 0.29) is 5.56 Å². The quantitative estimate of drug-likeness (QED) is 0.601. The Kier molecular flexibility index (Phi) is 4.10. The van der Waals surface area contributed by atoms with Crippen LogP contribution >= 0.6 is 0 Å². The van der Waals surface area contributed by atoms with Gasteiger partial charge in [0.25, 0.3) is 5.56 Å². The molecular weight excluding hydrogens is 348 g/mol. The van der Waals surface area contributed by atoms with Crippen LogP contribution in [-0.2, 0) is 26.6 Å². The molecule has 0 saturated carbocycles. The Morgan fingerprint density at radius 1 is 1.07 bits per heavy atom. The van der Waals surface area contributed by atoms with E-state index >= 15 is 0 Å². The molecule has 0 spiro atoms. The van der Waals surface area contributed by atoms with Gasteiger partial charge in [0.1, 0.15) is 5.82 Å². The SMILES string of the molecule is Cn1c(CN2CCc3c(nc(-c4ccccc4)[nH]c3=O)C2)cc2ccccc21. The van der Waals surface area contributed by atoms with E-state index in [1.54, 1.807) is 0 Å². The maximum Gasteiger partial charge on any atom is 0.254 e. The summed E-state index contributed by atoms with van der Waals surface area (Å²) in [6.45, 7) is 2.41. The maximum absolute atomic E-state index is 12.6. The lowest BCUT2D eigenvalue weighted by molar-refractivity contribution is 0.236. The average molecular weight is 370 g/mol. The zero-order chi connectivity index (χ0) is 19.1. The molecule has 1 aliphatic heterocycles. The summed E-state index contributed by atoms with van der Waals surface area (Å²) < 4.78 is 2.26. The van der Waals surface area contributed by atoms with Crippen molar-refractivity contribution in [3.8, 4) is 11.4 Å². The standard InChI is InChI=1S/C23H22N4O/c1-26-18(13-17-9-5-6-10-21(17)26)14-27-12-11-19-20(15-27)24-22(25-23(19)28)16-7-3-2-4-8-16/h2-10,13H,11-12,14-15H2,1H3,(H,24,25,28). The molecule has 2 aromatic carbocycles. The van der Waals surface area contributed by atoms with Gasteiger partial charge < -0.3 is 9.55 Å². The van der Waals surface area contributed by atoms with Gasteiger partial charge in [0, 0.05) is 49.0 Å². The molecule has 0 radical (unpaired) electrons. The molecule has 0 aliphatic carbocycles. The van der Waals surface area contributed by atoms with E-state index in [0.29, 0.717) is 12.4 Å². The fraction of sp³-hybridized carbons (Fsp3) is 0.217. The predicted octanol–water partition coefficient (Wildman–Crippen LogP) is 3.49. The van der Waals surface area contributed by atoms with E-state index in [4.69, 9.17) is 4.98 Å². The molecule has 0 atom stereocenters. The summed E-state index contributed by atoms with van der Waals surface area (Å²) in [7, 11) is 2.12. The molecule has 1 aliphatic rings. The van der Waals surface area contributed by atoms with Crippen LogP contribution in [0.1, 0.15) is 17.0 Å². The number of H-pyrrole nitrogens is 1. The van der Waals surface area contributed by atoms with Crippen molar-refractivity contribution in [2.45, 2.75) is 19.5 Å². The molecular formula is C23H22N4O. The molecule has 5 nitrogen and oxygen atoms in total. The van der Waals surface area contributed by atoms with Crippen LogP contribution in [0.25, 0.3) is 22.3 Å². The fourth-order valence-corrected chi connectivity index (χ4v) is 4.09. The first-order valence-corrected chi connectivity index (χ1v) is 9.62. The molecule has 5 heteroatoms. The normalized spacial score (nSPS) is 14.3. The van der Waals surface area contributed by atoms with Gasteiger partial charge in [-0.1, -0.05) is 48.5 Å². The summed E-state index contributed by atoms with van der Waals surface area (Å²) in [5.74, 6) is 0.649. The Bertz CT molecular complexity index is 1210. The second-order valence-corrected chi connectivity index (χ2v) is 7.42. The van der Waals surface area contributed by atoms with E-state index in [1.807, 2.05) is 30.3 Å². The highest BCUT2D eigenvalue weighted by molar-refractivity contribution is 5.81. The smallest absolute Gasteiger partial charge is 0.254 e. The van der Waals surface area contributed by atoms with E-state index in [1.165, 1.54) is 16.6 Å². The predicted molar refractivity (Wildman–Crippen MR) is 111 cm³/mol. The van der Waals surface area contributed by atoms with E-state index < -0.39 is 0 Å². The molecule has 140 valence electrons. The number of rotatable bonds is 3. The number of nitrogens with zero attached hydrogens (tertiary/aromatic N) is 3. The molecule has 0 amide bonds. The number of aromatic nitrogens is 3. The minimum atomic E-state index is -0.00638. The van der Waals surface area contributed by atoms with E-state index in [9.17, 15) is 4.79 Å². The summed E-state index contributed by atoms with van der Waals surface area (Å²) >= 11 is 0. The van der Waals surface area contributed by atoms with Crippen LogP contribution in [0.3, 0.4) is 0 Å². The molecule has 0 saturated heterocycles. The van der Waals surface area contributed by atoms with E-state index in [0.717, 1.165) is 36.3 Å². The van der Waals surface area contributed by atoms with Crippen LogP contribution in [-0.4, -0.2) is 26.0 Å². The van der Waals surface area contributed by atoms with Crippen molar-refractivity contribution >= 4 is 10.9 Å². The number of para-hydroxylation sites is 1. The molecule has 5 rings (SSSR count). The van der Waals surface area contributed by atoms with Gasteiger partial charge >= 0.3 is 0 Å². The highest BCUT2D eigenvalue weighted by atomic mass is 16.1. The third-order valence-electron chi connectivity index (χ3n) is 5.64. The van der Waals surface area contributed by atoms with Gasteiger partial charge in [0.15, 0.2) is 0 Å². The van der Waals surface area contributed by atoms with Crippen molar-refractivity contribution in [2.75, 3.05) is 6.54 Å². The first-order valence-electron chi connectivity index (χ1n) is 9.62. The lowest BCUT2D eigenvalue weighted by Gasteiger charge is -2.27. The number of nitrogens with one attached hydrogen (secondary N) is 1. The third-order valence-corrected chi connectivity index (χ3v) is 5.64. The topological polar surface area (TPSA) is 53.9 Å². The van der Waals surface area contributed by atoms with Crippen molar-refractivity contribution < 1.29 is 0 Å². The van der Waals surface area contributed by atoms with E-state index in [2.05, 4.69) is 51.8 Å². The van der Waals surface area contributed by atoms with Crippen molar-refractivity contribution in [1.82, 2.24) is 19.4 Å². The zero-order valence-electron chi connectivity index (χ0n) is 15.9. The molecule has 1 N–H and O–H groups in total. The van der Waals surface area contributed by atoms with Crippen molar-refractivity contribution in [3.63, 3.8) is 0 Å². The average Bonchev–Trinajstić information content (AvgIpc) is 3.04. The highest BCUT2D eigenvalue weighted by Crippen LogP contribution is 2.23. The van der Waals surface area contributed by atoms with Crippen LogP contribution in [0.5, 0.6) is 0 Å². The lowest BCUT2D eigenvalue weighted by atomic mass is 10.1. The monoisotopic (exact) mass is 370 g/mol. The number of hydrogen-bond acceptors (Lipinski definition) is 3. The van der Waals surface area contributed by atoms with Gasteiger partial charge in [-0.15, -0.1) is 0 Å². The number of hydrogen-bond donors (Lipinski definition) is 1. The molecule has 0 unspecified atom stereocenters. The number of fused-ring (bicyclic) bond motifs is 2. The van der Waals surface area contributed by atoms with Gasteiger partial charge in [-0.3, -0.25) is 9.69 Å². The summed E-state index contributed by atoms with van der Waals surface area (Å²) in [6.07, 6.45) is 0.733. The van der Waals surface area contributed by atoms with Crippen LogP contribution in [0.2, 0.25) is 0 Å². The lowest BCUT2D eigenvalue weighted by Crippen LogP contribution is -2.35. The largest absolute Gasteiger partial charge is 0.346 e. The fourth-order valence-electron chi connectivity index (χ4n) is 4.09. The number of aryl methyl sites for hydroxylation is 1. The van der Waals surface area contributed by atoms with Gasteiger partial charge in [0.2, 0.25) is 0 Å². The van der Waals surface area contributed by atoms with Crippen LogP contribution in [0.15, 0.2) is 65.5 Å². The summed E-state index contributed by atoms with van der Waals surface area (Å²) in [4.78, 5) is 22.7. The first-order chi connectivity index (χ1) is 13.7. The van der Waals surface area contributed by atoms with Crippen molar-refractivity contribution in [3.05, 3.63) is 88.0 Å². The van der Waals surface area contributed by atoms with Crippen LogP contribution in [0, 0.1) is 0 Å². The zero-order valence-corrected chi connectivity index (χ0v) is 15.9. The van der Waals surface area contributed by atoms with Crippen LogP contribution in [0.4, 0.5) is 0 Å². The summed E-state index contributed by atoms with van der Waals surface area (Å²) in [5.41, 5.74) is 5.18. The Labute approximate surface area is 163 Å². The van der Waals surface area contributed by atoms with Gasteiger partial charge in [-0.05, 0) is 23.9 Å². The third kappa shape index (κ3) is 2.94. The molecule has 28 heavy (non-hydrogen) atoms. The van der Waals surface area contributed by atoms with Crippen molar-refractivity contribution in [1.29, 1.82) is 0 Å². The van der Waals surface area contributed by atoms with Gasteiger partial charge in [-0.2, -0.15) is 0 Å². The maximum atomic E-state index is 12.6. The Morgan fingerprint density at radius 3 is 2.68 bits per heavy atom. The van der Waals surface area contributed by atoms with Gasteiger partial charge in [0.05, 0.1) is 5.69 Å². The molecule has 4 aromatic rings. The second-order valence-electron chi connectivity index (χ2n) is 7.42.